The number of rotatable bonds is 4. The lowest BCUT2D eigenvalue weighted by Crippen LogP contribution is -2.00. The van der Waals surface area contributed by atoms with Crippen LogP contribution < -0.4 is 0 Å². The number of thiophene rings is 1. The van der Waals surface area contributed by atoms with Gasteiger partial charge in [-0.25, -0.2) is 9.18 Å². The number of hydrogen-bond acceptors (Lipinski definition) is 3. The molecule has 0 bridgehead atoms. The number of aromatic nitrogens is 2. The number of benzene rings is 1. The van der Waals surface area contributed by atoms with Crippen LogP contribution in [0.4, 0.5) is 4.39 Å². The summed E-state index contributed by atoms with van der Waals surface area (Å²) >= 11 is 1.43. The van der Waals surface area contributed by atoms with Crippen LogP contribution in [0.25, 0.3) is 10.6 Å². The van der Waals surface area contributed by atoms with Crippen molar-refractivity contribution >= 4 is 17.3 Å². The molecule has 0 saturated heterocycles. The van der Waals surface area contributed by atoms with Crippen molar-refractivity contribution in [1.82, 2.24) is 9.78 Å². The van der Waals surface area contributed by atoms with E-state index in [0.717, 1.165) is 10.4 Å². The topological polar surface area (TPSA) is 55.1 Å². The number of carbonyl (C=O) groups is 1. The van der Waals surface area contributed by atoms with E-state index < -0.39 is 5.97 Å². The van der Waals surface area contributed by atoms with E-state index in [9.17, 15) is 14.3 Å². The second kappa shape index (κ2) is 5.49. The highest BCUT2D eigenvalue weighted by molar-refractivity contribution is 7.13. The average molecular weight is 302 g/mol. The molecule has 106 valence electrons. The van der Waals surface area contributed by atoms with Crippen LogP contribution in [0, 0.1) is 5.82 Å². The van der Waals surface area contributed by atoms with Crippen LogP contribution in [-0.2, 0) is 6.54 Å². The Balaban J connectivity index is 1.97. The zero-order chi connectivity index (χ0) is 14.8. The summed E-state index contributed by atoms with van der Waals surface area (Å²) in [4.78, 5) is 12.1. The Morgan fingerprint density at radius 1 is 1.33 bits per heavy atom. The summed E-state index contributed by atoms with van der Waals surface area (Å²) < 4.78 is 14.7. The van der Waals surface area contributed by atoms with Gasteiger partial charge in [-0.15, -0.1) is 11.3 Å². The SMILES string of the molecule is O=C(O)c1cn(Cc2cccc(F)c2)nc1-c1cccs1. The smallest absolute Gasteiger partial charge is 0.339 e. The van der Waals surface area contributed by atoms with E-state index in [1.54, 1.807) is 12.1 Å². The molecule has 2 heterocycles. The van der Waals surface area contributed by atoms with Crippen LogP contribution in [-0.4, -0.2) is 20.9 Å². The fourth-order valence-corrected chi connectivity index (χ4v) is 2.80. The first-order valence-electron chi connectivity index (χ1n) is 6.22. The summed E-state index contributed by atoms with van der Waals surface area (Å²) in [7, 11) is 0. The quantitative estimate of drug-likeness (QED) is 0.802. The van der Waals surface area contributed by atoms with Crippen molar-refractivity contribution < 1.29 is 14.3 Å². The molecule has 0 unspecified atom stereocenters. The third-order valence-corrected chi connectivity index (χ3v) is 3.86. The minimum absolute atomic E-state index is 0.147. The van der Waals surface area contributed by atoms with Gasteiger partial charge in [0, 0.05) is 6.20 Å². The number of hydrogen-bond donors (Lipinski definition) is 1. The zero-order valence-electron chi connectivity index (χ0n) is 10.9. The van der Waals surface area contributed by atoms with E-state index in [0.29, 0.717) is 12.2 Å². The van der Waals surface area contributed by atoms with Gasteiger partial charge in [0.2, 0.25) is 0 Å². The van der Waals surface area contributed by atoms with Gasteiger partial charge < -0.3 is 5.11 Å². The average Bonchev–Trinajstić information content (AvgIpc) is 3.06. The molecule has 0 spiro atoms. The van der Waals surface area contributed by atoms with Gasteiger partial charge >= 0.3 is 5.97 Å². The molecule has 0 aliphatic carbocycles. The molecule has 0 amide bonds. The molecular formula is C15H11FN2O2S. The maximum absolute atomic E-state index is 13.2. The van der Waals surface area contributed by atoms with Crippen LogP contribution in [0.15, 0.2) is 48.0 Å². The fraction of sp³-hybridized carbons (Fsp3) is 0.0667. The highest BCUT2D eigenvalue weighted by atomic mass is 32.1. The largest absolute Gasteiger partial charge is 0.478 e. The number of carboxylic acid groups (broad SMARTS) is 1. The molecule has 0 aliphatic heterocycles. The summed E-state index contributed by atoms with van der Waals surface area (Å²) in [6, 6.07) is 9.84. The van der Waals surface area contributed by atoms with Gasteiger partial charge in [-0.2, -0.15) is 5.10 Å². The number of aromatic carboxylic acids is 1. The number of nitrogens with zero attached hydrogens (tertiary/aromatic N) is 2. The van der Waals surface area contributed by atoms with Gasteiger partial charge in [-0.3, -0.25) is 4.68 Å². The van der Waals surface area contributed by atoms with E-state index in [4.69, 9.17) is 0 Å². The first-order chi connectivity index (χ1) is 10.1. The lowest BCUT2D eigenvalue weighted by molar-refractivity contribution is 0.0697. The Kier molecular flexibility index (Phi) is 3.53. The van der Waals surface area contributed by atoms with Crippen molar-refractivity contribution in [3.05, 3.63) is 64.9 Å². The van der Waals surface area contributed by atoms with Gasteiger partial charge in [0.15, 0.2) is 0 Å². The Morgan fingerprint density at radius 3 is 2.86 bits per heavy atom. The maximum Gasteiger partial charge on any atom is 0.339 e. The predicted molar refractivity (Wildman–Crippen MR) is 78.0 cm³/mol. The highest BCUT2D eigenvalue weighted by Crippen LogP contribution is 2.26. The third-order valence-electron chi connectivity index (χ3n) is 2.98. The van der Waals surface area contributed by atoms with Gasteiger partial charge in [-0.1, -0.05) is 18.2 Å². The normalized spacial score (nSPS) is 10.7. The Morgan fingerprint density at radius 2 is 2.19 bits per heavy atom. The molecule has 0 aliphatic rings. The van der Waals surface area contributed by atoms with E-state index in [1.165, 1.54) is 34.3 Å². The fourth-order valence-electron chi connectivity index (χ4n) is 2.08. The van der Waals surface area contributed by atoms with Crippen molar-refractivity contribution in [3.63, 3.8) is 0 Å². The lowest BCUT2D eigenvalue weighted by Gasteiger charge is -2.01. The van der Waals surface area contributed by atoms with E-state index in [1.807, 2.05) is 17.5 Å². The van der Waals surface area contributed by atoms with Crippen LogP contribution in [0.3, 0.4) is 0 Å². The summed E-state index contributed by atoms with van der Waals surface area (Å²) in [6.07, 6.45) is 1.47. The molecule has 6 heteroatoms. The third kappa shape index (κ3) is 2.85. The molecule has 2 aromatic heterocycles. The maximum atomic E-state index is 13.2. The molecule has 0 fully saturated rings. The summed E-state index contributed by atoms with van der Waals surface area (Å²) in [5.41, 5.74) is 1.31. The van der Waals surface area contributed by atoms with Crippen molar-refractivity contribution in [3.8, 4) is 10.6 Å². The molecule has 3 aromatic rings. The lowest BCUT2D eigenvalue weighted by atomic mass is 10.2. The second-order valence-electron chi connectivity index (χ2n) is 4.50. The summed E-state index contributed by atoms with van der Waals surface area (Å²) in [5.74, 6) is -1.35. The van der Waals surface area contributed by atoms with E-state index in [2.05, 4.69) is 5.10 Å². The van der Waals surface area contributed by atoms with Crippen molar-refractivity contribution in [2.24, 2.45) is 0 Å². The zero-order valence-corrected chi connectivity index (χ0v) is 11.7. The Hall–Kier alpha value is -2.47. The molecule has 0 atom stereocenters. The van der Waals surface area contributed by atoms with Crippen LogP contribution in [0.5, 0.6) is 0 Å². The van der Waals surface area contributed by atoms with E-state index in [-0.39, 0.29) is 11.4 Å². The minimum atomic E-state index is -1.02. The van der Waals surface area contributed by atoms with Crippen LogP contribution in [0.2, 0.25) is 0 Å². The molecule has 1 aromatic carbocycles. The van der Waals surface area contributed by atoms with Gasteiger partial charge in [0.25, 0.3) is 0 Å². The minimum Gasteiger partial charge on any atom is -0.478 e. The monoisotopic (exact) mass is 302 g/mol. The molecule has 4 nitrogen and oxygen atoms in total. The van der Waals surface area contributed by atoms with Gasteiger partial charge in [0.05, 0.1) is 11.4 Å². The first kappa shape index (κ1) is 13.5. The molecule has 21 heavy (non-hydrogen) atoms. The molecule has 3 rings (SSSR count). The van der Waals surface area contributed by atoms with E-state index >= 15 is 0 Å². The van der Waals surface area contributed by atoms with Crippen LogP contribution >= 0.6 is 11.3 Å². The van der Waals surface area contributed by atoms with Gasteiger partial charge in [-0.05, 0) is 29.1 Å². The van der Waals surface area contributed by atoms with Crippen molar-refractivity contribution in [2.45, 2.75) is 6.54 Å². The summed E-state index contributed by atoms with van der Waals surface area (Å²) in [6.45, 7) is 0.323. The molecule has 0 radical (unpaired) electrons. The standard InChI is InChI=1S/C15H11FN2O2S/c16-11-4-1-3-10(7-11)8-18-9-12(15(19)20)14(17-18)13-5-2-6-21-13/h1-7,9H,8H2,(H,19,20). The van der Waals surface area contributed by atoms with Crippen molar-refractivity contribution in [2.75, 3.05) is 0 Å². The number of carboxylic acids is 1. The van der Waals surface area contributed by atoms with Gasteiger partial charge in [0.1, 0.15) is 17.1 Å². The Bertz CT molecular complexity index is 781. The highest BCUT2D eigenvalue weighted by Gasteiger charge is 2.17. The number of halogens is 1. The molecule has 0 saturated carbocycles. The predicted octanol–water partition coefficient (Wildman–Crippen LogP) is 3.50. The molecule has 1 N–H and O–H groups in total. The summed E-state index contributed by atoms with van der Waals surface area (Å²) in [5, 5.41) is 15.5. The van der Waals surface area contributed by atoms with Crippen molar-refractivity contribution in [1.29, 1.82) is 0 Å². The van der Waals surface area contributed by atoms with Crippen LogP contribution in [0.1, 0.15) is 15.9 Å². The molecular weight excluding hydrogens is 291 g/mol. The second-order valence-corrected chi connectivity index (χ2v) is 5.45. The Labute approximate surface area is 124 Å². The first-order valence-corrected chi connectivity index (χ1v) is 7.10.